The predicted octanol–water partition coefficient (Wildman–Crippen LogP) is 2.83. The molecule has 2 atom stereocenters. The molecule has 2 aliphatic heterocycles. The van der Waals surface area contributed by atoms with Gasteiger partial charge in [0.2, 0.25) is 5.91 Å². The summed E-state index contributed by atoms with van der Waals surface area (Å²) in [4.78, 5) is 29.1. The van der Waals surface area contributed by atoms with E-state index in [1.54, 1.807) is 16.2 Å². The molecule has 0 bridgehead atoms. The number of nitrogens with zero attached hydrogens (tertiary/aromatic N) is 2. The lowest BCUT2D eigenvalue weighted by Gasteiger charge is -2.35. The van der Waals surface area contributed by atoms with Gasteiger partial charge in [0.25, 0.3) is 0 Å². The van der Waals surface area contributed by atoms with Crippen molar-refractivity contribution in [2.24, 2.45) is 0 Å². The van der Waals surface area contributed by atoms with E-state index >= 15 is 0 Å². The minimum absolute atomic E-state index is 0.0647. The molecule has 2 fully saturated rings. The predicted molar refractivity (Wildman–Crippen MR) is 93.9 cm³/mol. The number of carbonyl (C=O) groups excluding carboxylic acids is 2. The smallest absolute Gasteiger partial charge is 0.328 e. The average Bonchev–Trinajstić information content (AvgIpc) is 3.26. The molecule has 1 aromatic heterocycles. The van der Waals surface area contributed by atoms with Gasteiger partial charge < -0.3 is 9.64 Å². The zero-order valence-electron chi connectivity index (χ0n) is 14.3. The second-order valence-electron chi connectivity index (χ2n) is 6.54. The van der Waals surface area contributed by atoms with Crippen LogP contribution in [0.5, 0.6) is 0 Å². The minimum Gasteiger partial charge on any atom is -0.464 e. The lowest BCUT2D eigenvalue weighted by molar-refractivity contribution is -0.157. The maximum atomic E-state index is 12.9. The Hall–Kier alpha value is -1.40. The van der Waals surface area contributed by atoms with Gasteiger partial charge in [-0.1, -0.05) is 0 Å². The van der Waals surface area contributed by atoms with E-state index < -0.39 is 6.04 Å². The van der Waals surface area contributed by atoms with Crippen molar-refractivity contribution in [3.8, 4) is 0 Å². The van der Waals surface area contributed by atoms with Crippen LogP contribution in [0.15, 0.2) is 16.8 Å². The van der Waals surface area contributed by atoms with Gasteiger partial charge in [0.1, 0.15) is 6.04 Å². The van der Waals surface area contributed by atoms with Gasteiger partial charge in [0, 0.05) is 12.6 Å². The van der Waals surface area contributed by atoms with Gasteiger partial charge in [0.15, 0.2) is 0 Å². The summed E-state index contributed by atoms with van der Waals surface area (Å²) < 4.78 is 5.17. The van der Waals surface area contributed by atoms with Crippen molar-refractivity contribution >= 4 is 23.2 Å². The third kappa shape index (κ3) is 3.81. The van der Waals surface area contributed by atoms with E-state index in [2.05, 4.69) is 21.7 Å². The largest absolute Gasteiger partial charge is 0.464 e. The van der Waals surface area contributed by atoms with Crippen LogP contribution >= 0.6 is 11.3 Å². The Morgan fingerprint density at radius 3 is 2.88 bits per heavy atom. The molecule has 1 amide bonds. The Labute approximate surface area is 147 Å². The Kier molecular flexibility index (Phi) is 5.89. The maximum Gasteiger partial charge on any atom is 0.328 e. The van der Waals surface area contributed by atoms with Gasteiger partial charge in [-0.3, -0.25) is 9.69 Å². The van der Waals surface area contributed by atoms with Crippen LogP contribution in [0.3, 0.4) is 0 Å². The zero-order valence-corrected chi connectivity index (χ0v) is 15.1. The molecule has 2 saturated heterocycles. The number of amides is 1. The molecule has 0 saturated carbocycles. The third-order valence-electron chi connectivity index (χ3n) is 5.01. The van der Waals surface area contributed by atoms with Gasteiger partial charge in [0.05, 0.1) is 13.2 Å². The van der Waals surface area contributed by atoms with Crippen LogP contribution in [-0.2, 0) is 14.3 Å². The summed E-state index contributed by atoms with van der Waals surface area (Å²) in [5, 5.41) is 4.27. The molecular weight excluding hydrogens is 324 g/mol. The van der Waals surface area contributed by atoms with E-state index in [9.17, 15) is 9.59 Å². The summed E-state index contributed by atoms with van der Waals surface area (Å²) in [5.41, 5.74) is 1.31. The fourth-order valence-corrected chi connectivity index (χ4v) is 4.54. The molecule has 3 heterocycles. The molecule has 0 N–H and O–H groups in total. The van der Waals surface area contributed by atoms with Crippen molar-refractivity contribution in [1.82, 2.24) is 9.80 Å². The van der Waals surface area contributed by atoms with Crippen LogP contribution < -0.4 is 0 Å². The van der Waals surface area contributed by atoms with E-state index in [0.29, 0.717) is 25.7 Å². The molecule has 132 valence electrons. The highest BCUT2D eigenvalue weighted by molar-refractivity contribution is 7.07. The Balaban J connectivity index is 1.65. The second-order valence-corrected chi connectivity index (χ2v) is 7.32. The van der Waals surface area contributed by atoms with Gasteiger partial charge >= 0.3 is 5.97 Å². The van der Waals surface area contributed by atoms with Gasteiger partial charge in [-0.2, -0.15) is 11.3 Å². The second kappa shape index (κ2) is 8.12. The lowest BCUT2D eigenvalue weighted by Crippen LogP contribution is -2.51. The van der Waals surface area contributed by atoms with Crippen molar-refractivity contribution < 1.29 is 14.3 Å². The monoisotopic (exact) mass is 350 g/mol. The fraction of sp³-hybridized carbons (Fsp3) is 0.667. The molecule has 0 aliphatic carbocycles. The summed E-state index contributed by atoms with van der Waals surface area (Å²) in [6, 6.07) is 2.10. The number of esters is 1. The molecule has 5 nitrogen and oxygen atoms in total. The molecule has 6 heteroatoms. The van der Waals surface area contributed by atoms with E-state index in [-0.39, 0.29) is 11.9 Å². The number of ether oxygens (including phenoxy) is 1. The van der Waals surface area contributed by atoms with Crippen LogP contribution in [-0.4, -0.2) is 54.0 Å². The Morgan fingerprint density at radius 1 is 1.25 bits per heavy atom. The number of rotatable bonds is 5. The fourth-order valence-electron chi connectivity index (χ4n) is 3.84. The molecule has 0 aromatic carbocycles. The number of thiophene rings is 1. The van der Waals surface area contributed by atoms with Gasteiger partial charge in [-0.05, 0) is 68.0 Å². The van der Waals surface area contributed by atoms with E-state index in [1.165, 1.54) is 5.56 Å². The zero-order chi connectivity index (χ0) is 16.9. The van der Waals surface area contributed by atoms with Crippen molar-refractivity contribution in [1.29, 1.82) is 0 Å². The summed E-state index contributed by atoms with van der Waals surface area (Å²) in [5.74, 6) is -0.184. The van der Waals surface area contributed by atoms with Crippen molar-refractivity contribution in [2.45, 2.75) is 51.1 Å². The first-order valence-electron chi connectivity index (χ1n) is 8.93. The number of hydrogen-bond donors (Lipinski definition) is 0. The molecule has 0 radical (unpaired) electrons. The van der Waals surface area contributed by atoms with Crippen molar-refractivity contribution in [3.63, 3.8) is 0 Å². The quantitative estimate of drug-likeness (QED) is 0.766. The molecule has 3 rings (SSSR count). The number of hydrogen-bond acceptors (Lipinski definition) is 5. The lowest BCUT2D eigenvalue weighted by atomic mass is 10.0. The van der Waals surface area contributed by atoms with Crippen LogP contribution in [0.2, 0.25) is 0 Å². The van der Waals surface area contributed by atoms with Gasteiger partial charge in [-0.15, -0.1) is 0 Å². The number of piperidine rings is 1. The van der Waals surface area contributed by atoms with Gasteiger partial charge in [-0.25, -0.2) is 4.79 Å². The van der Waals surface area contributed by atoms with Crippen LogP contribution in [0, 0.1) is 0 Å². The summed E-state index contributed by atoms with van der Waals surface area (Å²) in [6.07, 6.45) is 4.89. The molecule has 0 spiro atoms. The highest BCUT2D eigenvalue weighted by Crippen LogP contribution is 2.33. The first-order chi connectivity index (χ1) is 11.7. The number of carbonyl (C=O) groups is 2. The van der Waals surface area contributed by atoms with E-state index in [1.807, 2.05) is 6.92 Å². The van der Waals surface area contributed by atoms with E-state index in [0.717, 1.165) is 38.6 Å². The Bertz CT molecular complexity index is 561. The normalized spacial score (nSPS) is 25.0. The highest BCUT2D eigenvalue weighted by Gasteiger charge is 2.35. The molecule has 24 heavy (non-hydrogen) atoms. The standard InChI is InChI=1S/C18H26N2O3S/c1-2-23-18(22)16-6-3-4-10-20(16)17(21)12-19-9-5-7-15(19)14-8-11-24-13-14/h8,11,13,15-16H,2-7,9-10,12H2,1H3/t15-,16-/m1/s1. The molecule has 1 aromatic rings. The maximum absolute atomic E-state index is 12.9. The third-order valence-corrected chi connectivity index (χ3v) is 5.71. The van der Waals surface area contributed by atoms with E-state index in [4.69, 9.17) is 4.74 Å². The average molecular weight is 350 g/mol. The van der Waals surface area contributed by atoms with Crippen molar-refractivity contribution in [2.75, 3.05) is 26.2 Å². The van der Waals surface area contributed by atoms with Crippen molar-refractivity contribution in [3.05, 3.63) is 22.4 Å². The number of likely N-dealkylation sites (tertiary alicyclic amines) is 2. The SMILES string of the molecule is CCOC(=O)[C@H]1CCCCN1C(=O)CN1CCC[C@@H]1c1ccsc1. The molecule has 0 unspecified atom stereocenters. The summed E-state index contributed by atoms with van der Waals surface area (Å²) in [6.45, 7) is 4.19. The van der Waals surface area contributed by atoms with Crippen LogP contribution in [0.1, 0.15) is 50.6 Å². The topological polar surface area (TPSA) is 49.9 Å². The van der Waals surface area contributed by atoms with Crippen LogP contribution in [0.25, 0.3) is 0 Å². The minimum atomic E-state index is -0.395. The highest BCUT2D eigenvalue weighted by atomic mass is 32.1. The molecule has 2 aliphatic rings. The first-order valence-corrected chi connectivity index (χ1v) is 9.87. The first kappa shape index (κ1) is 17.4. The summed E-state index contributed by atoms with van der Waals surface area (Å²) >= 11 is 1.70. The molecular formula is C18H26N2O3S. The van der Waals surface area contributed by atoms with Crippen LogP contribution in [0.4, 0.5) is 0 Å². The Morgan fingerprint density at radius 2 is 2.12 bits per heavy atom. The summed E-state index contributed by atoms with van der Waals surface area (Å²) in [7, 11) is 0.